The van der Waals surface area contributed by atoms with Crippen LogP contribution in [-0.2, 0) is 9.53 Å². The number of rotatable bonds is 8. The maximum absolute atomic E-state index is 11.4. The van der Waals surface area contributed by atoms with E-state index in [1.807, 2.05) is 19.1 Å². The number of methoxy groups -OCH3 is 1. The Morgan fingerprint density at radius 3 is 2.71 bits per heavy atom. The standard InChI is InChI=1S/C23H30O5/c1-16(7-5-9-19(15-24)22(26)27-4)8-6-11-23(3)12-10-18-14-20(25)13-17(2)21(18)28-23/h8-10,12-14,24-25H,5-7,11,15H2,1-4H3/t23-/m0/s1. The van der Waals surface area contributed by atoms with E-state index in [0.29, 0.717) is 12.0 Å². The van der Waals surface area contributed by atoms with Gasteiger partial charge in [0, 0.05) is 5.56 Å². The van der Waals surface area contributed by atoms with Crippen LogP contribution in [0.1, 0.15) is 50.7 Å². The molecule has 0 saturated heterocycles. The number of hydrogen-bond acceptors (Lipinski definition) is 5. The van der Waals surface area contributed by atoms with Gasteiger partial charge < -0.3 is 19.7 Å². The molecule has 1 heterocycles. The molecule has 0 amide bonds. The minimum Gasteiger partial charge on any atom is -0.508 e. The summed E-state index contributed by atoms with van der Waals surface area (Å²) in [6.45, 7) is 5.75. The third kappa shape index (κ3) is 5.73. The van der Waals surface area contributed by atoms with Gasteiger partial charge in [0.25, 0.3) is 0 Å². The summed E-state index contributed by atoms with van der Waals surface area (Å²) in [5, 5.41) is 18.9. The summed E-state index contributed by atoms with van der Waals surface area (Å²) >= 11 is 0. The molecule has 152 valence electrons. The average Bonchev–Trinajstić information content (AvgIpc) is 2.65. The van der Waals surface area contributed by atoms with E-state index < -0.39 is 5.97 Å². The fraction of sp³-hybridized carbons (Fsp3) is 0.435. The Labute approximate surface area is 167 Å². The summed E-state index contributed by atoms with van der Waals surface area (Å²) in [6.07, 6.45) is 11.2. The Balaban J connectivity index is 1.90. The van der Waals surface area contributed by atoms with Crippen molar-refractivity contribution in [1.29, 1.82) is 0 Å². The number of aryl methyl sites for hydroxylation is 1. The Kier molecular flexibility index (Phi) is 7.46. The molecule has 5 nitrogen and oxygen atoms in total. The first-order chi connectivity index (χ1) is 13.3. The van der Waals surface area contributed by atoms with E-state index in [0.717, 1.165) is 36.1 Å². The zero-order valence-electron chi connectivity index (χ0n) is 17.1. The molecule has 2 rings (SSSR count). The molecule has 2 N–H and O–H groups in total. The Morgan fingerprint density at radius 2 is 2.04 bits per heavy atom. The van der Waals surface area contributed by atoms with Crippen LogP contribution in [0, 0.1) is 6.92 Å². The number of benzene rings is 1. The number of carbonyl (C=O) groups excluding carboxylic acids is 1. The van der Waals surface area contributed by atoms with Crippen molar-refractivity contribution < 1.29 is 24.5 Å². The molecule has 1 aliphatic heterocycles. The van der Waals surface area contributed by atoms with E-state index in [4.69, 9.17) is 4.74 Å². The molecule has 0 fully saturated rings. The highest BCUT2D eigenvalue weighted by Crippen LogP contribution is 2.38. The van der Waals surface area contributed by atoms with Crippen LogP contribution in [0.15, 0.2) is 41.5 Å². The van der Waals surface area contributed by atoms with Crippen molar-refractivity contribution >= 4 is 12.0 Å². The number of fused-ring (bicyclic) bond motifs is 1. The Hall–Kier alpha value is -2.53. The molecule has 0 bridgehead atoms. The van der Waals surface area contributed by atoms with Crippen LogP contribution in [0.3, 0.4) is 0 Å². The van der Waals surface area contributed by atoms with Crippen molar-refractivity contribution in [2.45, 2.75) is 52.1 Å². The van der Waals surface area contributed by atoms with E-state index in [1.165, 1.54) is 12.7 Å². The van der Waals surface area contributed by atoms with Crippen LogP contribution >= 0.6 is 0 Å². The fourth-order valence-electron chi connectivity index (χ4n) is 3.24. The molecule has 1 aromatic carbocycles. The van der Waals surface area contributed by atoms with Gasteiger partial charge in [-0.2, -0.15) is 0 Å². The van der Waals surface area contributed by atoms with Crippen LogP contribution < -0.4 is 4.74 Å². The number of phenolic OH excluding ortho intramolecular Hbond substituents is 1. The number of carbonyl (C=O) groups is 1. The molecule has 0 unspecified atom stereocenters. The second kappa shape index (κ2) is 9.60. The largest absolute Gasteiger partial charge is 0.508 e. The van der Waals surface area contributed by atoms with E-state index in [-0.39, 0.29) is 18.0 Å². The van der Waals surface area contributed by atoms with Crippen molar-refractivity contribution in [3.8, 4) is 11.5 Å². The first-order valence-electron chi connectivity index (χ1n) is 9.53. The van der Waals surface area contributed by atoms with Crippen molar-refractivity contribution in [3.05, 3.63) is 52.6 Å². The molecular weight excluding hydrogens is 356 g/mol. The van der Waals surface area contributed by atoms with Gasteiger partial charge in [0.1, 0.15) is 17.1 Å². The molecule has 0 aliphatic carbocycles. The summed E-state index contributed by atoms with van der Waals surface area (Å²) in [7, 11) is 1.31. The first kappa shape index (κ1) is 21.8. The number of aliphatic hydroxyl groups excluding tert-OH is 1. The third-order valence-electron chi connectivity index (χ3n) is 4.92. The molecule has 5 heteroatoms. The lowest BCUT2D eigenvalue weighted by Gasteiger charge is -2.32. The van der Waals surface area contributed by atoms with Crippen molar-refractivity contribution in [2.24, 2.45) is 0 Å². The lowest BCUT2D eigenvalue weighted by Crippen LogP contribution is -2.32. The molecular formula is C23H30O5. The summed E-state index contributed by atoms with van der Waals surface area (Å²) in [5.41, 5.74) is 2.96. The van der Waals surface area contributed by atoms with E-state index >= 15 is 0 Å². The third-order valence-corrected chi connectivity index (χ3v) is 4.92. The molecule has 1 atom stereocenters. The quantitative estimate of drug-likeness (QED) is 0.392. The smallest absolute Gasteiger partial charge is 0.335 e. The highest BCUT2D eigenvalue weighted by molar-refractivity contribution is 5.88. The Morgan fingerprint density at radius 1 is 1.29 bits per heavy atom. The van der Waals surface area contributed by atoms with Gasteiger partial charge in [-0.3, -0.25) is 0 Å². The van der Waals surface area contributed by atoms with Crippen LogP contribution in [0.4, 0.5) is 0 Å². The van der Waals surface area contributed by atoms with Gasteiger partial charge in [-0.25, -0.2) is 4.79 Å². The van der Waals surface area contributed by atoms with Crippen LogP contribution in [0.5, 0.6) is 11.5 Å². The van der Waals surface area contributed by atoms with Crippen molar-refractivity contribution in [2.75, 3.05) is 13.7 Å². The second-order valence-corrected chi connectivity index (χ2v) is 7.44. The summed E-state index contributed by atoms with van der Waals surface area (Å²) in [4.78, 5) is 11.4. The van der Waals surface area contributed by atoms with E-state index in [1.54, 1.807) is 18.2 Å². The highest BCUT2D eigenvalue weighted by atomic mass is 16.5. The van der Waals surface area contributed by atoms with Gasteiger partial charge in [-0.1, -0.05) is 23.8 Å². The minimum atomic E-state index is -0.484. The molecule has 0 aromatic heterocycles. The lowest BCUT2D eigenvalue weighted by atomic mass is 9.93. The Bertz CT molecular complexity index is 803. The van der Waals surface area contributed by atoms with Crippen LogP contribution in [-0.4, -0.2) is 35.5 Å². The zero-order valence-corrected chi connectivity index (χ0v) is 17.1. The predicted molar refractivity (Wildman–Crippen MR) is 110 cm³/mol. The van der Waals surface area contributed by atoms with Crippen LogP contribution in [0.2, 0.25) is 0 Å². The molecule has 0 radical (unpaired) electrons. The van der Waals surface area contributed by atoms with Gasteiger partial charge in [0.05, 0.1) is 19.3 Å². The highest BCUT2D eigenvalue weighted by Gasteiger charge is 2.27. The van der Waals surface area contributed by atoms with Gasteiger partial charge >= 0.3 is 5.97 Å². The maximum Gasteiger partial charge on any atom is 0.335 e. The first-order valence-corrected chi connectivity index (χ1v) is 9.53. The van der Waals surface area contributed by atoms with E-state index in [9.17, 15) is 15.0 Å². The summed E-state index contributed by atoms with van der Waals surface area (Å²) < 4.78 is 10.9. The summed E-state index contributed by atoms with van der Waals surface area (Å²) in [6, 6.07) is 3.43. The normalized spacial score (nSPS) is 19.2. The zero-order chi connectivity index (χ0) is 20.7. The monoisotopic (exact) mass is 386 g/mol. The number of allylic oxidation sites excluding steroid dienone is 3. The van der Waals surface area contributed by atoms with Gasteiger partial charge in [0.15, 0.2) is 0 Å². The number of aliphatic hydroxyl groups is 1. The average molecular weight is 386 g/mol. The van der Waals surface area contributed by atoms with Crippen molar-refractivity contribution in [1.82, 2.24) is 0 Å². The number of phenols is 1. The van der Waals surface area contributed by atoms with Crippen LogP contribution in [0.25, 0.3) is 6.08 Å². The molecule has 0 spiro atoms. The SMILES string of the molecule is COC(=O)C(=CCCC(C)=CCC[C@@]1(C)C=Cc2cc(O)cc(C)c2O1)CO. The molecule has 1 aliphatic rings. The molecule has 1 aromatic rings. The minimum absolute atomic E-state index is 0.247. The van der Waals surface area contributed by atoms with E-state index in [2.05, 4.69) is 24.7 Å². The fourth-order valence-corrected chi connectivity index (χ4v) is 3.24. The number of ether oxygens (including phenoxy) is 2. The molecule has 0 saturated carbocycles. The number of hydrogen-bond donors (Lipinski definition) is 2. The predicted octanol–water partition coefficient (Wildman–Crippen LogP) is 4.46. The maximum atomic E-state index is 11.4. The molecule has 28 heavy (non-hydrogen) atoms. The second-order valence-electron chi connectivity index (χ2n) is 7.44. The topological polar surface area (TPSA) is 76.0 Å². The van der Waals surface area contributed by atoms with Crippen molar-refractivity contribution in [3.63, 3.8) is 0 Å². The van der Waals surface area contributed by atoms with Gasteiger partial charge in [0.2, 0.25) is 0 Å². The van der Waals surface area contributed by atoms with Gasteiger partial charge in [-0.05, 0) is 70.2 Å². The van der Waals surface area contributed by atoms with Gasteiger partial charge in [-0.15, -0.1) is 0 Å². The number of esters is 1. The lowest BCUT2D eigenvalue weighted by molar-refractivity contribution is -0.136. The summed E-state index contributed by atoms with van der Waals surface area (Å²) in [5.74, 6) is 0.590. The number of aromatic hydroxyl groups is 1.